The highest BCUT2D eigenvalue weighted by atomic mass is 16.6. The molecular formula is C22H23NO6. The molecule has 7 nitrogen and oxygen atoms in total. The lowest BCUT2D eigenvalue weighted by Gasteiger charge is -2.36. The van der Waals surface area contributed by atoms with Gasteiger partial charge in [-0.05, 0) is 42.9 Å². The Labute approximate surface area is 167 Å². The second kappa shape index (κ2) is 6.20. The van der Waals surface area contributed by atoms with E-state index in [9.17, 15) is 24.6 Å². The van der Waals surface area contributed by atoms with Crippen LogP contribution >= 0.6 is 0 Å². The molecule has 152 valence electrons. The second-order valence-corrected chi connectivity index (χ2v) is 7.71. The monoisotopic (exact) mass is 397 g/mol. The second-order valence-electron chi connectivity index (χ2n) is 7.71. The molecule has 0 bridgehead atoms. The number of primary amides is 1. The number of aryl methyl sites for hydroxylation is 1. The Balaban J connectivity index is 0.000000994. The largest absolute Gasteiger partial charge is 0.507 e. The van der Waals surface area contributed by atoms with Crippen molar-refractivity contribution in [3.05, 3.63) is 51.5 Å². The van der Waals surface area contributed by atoms with Crippen LogP contribution in [-0.2, 0) is 20.7 Å². The van der Waals surface area contributed by atoms with E-state index in [1.54, 1.807) is 6.07 Å². The van der Waals surface area contributed by atoms with Gasteiger partial charge >= 0.3 is 0 Å². The number of ketones is 2. The highest BCUT2D eigenvalue weighted by Gasteiger charge is 2.71. The summed E-state index contributed by atoms with van der Waals surface area (Å²) in [5.41, 5.74) is 5.94. The van der Waals surface area contributed by atoms with E-state index in [-0.39, 0.29) is 35.4 Å². The summed E-state index contributed by atoms with van der Waals surface area (Å²) >= 11 is 0. The van der Waals surface area contributed by atoms with Gasteiger partial charge in [-0.25, -0.2) is 0 Å². The predicted octanol–water partition coefficient (Wildman–Crippen LogP) is 2.40. The molecule has 1 spiro atoms. The molecule has 0 aromatic heterocycles. The highest BCUT2D eigenvalue weighted by Crippen LogP contribution is 2.64. The van der Waals surface area contributed by atoms with E-state index >= 15 is 0 Å². The van der Waals surface area contributed by atoms with Crippen molar-refractivity contribution in [1.82, 2.24) is 0 Å². The first-order valence-electron chi connectivity index (χ1n) is 9.83. The maximum Gasteiger partial charge on any atom is 0.255 e. The van der Waals surface area contributed by atoms with Gasteiger partial charge in [-0.1, -0.05) is 19.9 Å². The molecular weight excluding hydrogens is 374 g/mol. The number of fused-ring (bicyclic) bond motifs is 2. The predicted molar refractivity (Wildman–Crippen MR) is 103 cm³/mol. The third-order valence-electron chi connectivity index (χ3n) is 6.35. The molecule has 1 aromatic rings. The molecule has 5 rings (SSSR count). The van der Waals surface area contributed by atoms with Crippen LogP contribution in [0.5, 0.6) is 5.75 Å². The number of ether oxygens (including phenoxy) is 1. The summed E-state index contributed by atoms with van der Waals surface area (Å²) in [6.07, 6.45) is 1.06. The molecule has 0 saturated carbocycles. The minimum atomic E-state index is -1.29. The van der Waals surface area contributed by atoms with E-state index in [2.05, 4.69) is 0 Å². The Morgan fingerprint density at radius 3 is 2.55 bits per heavy atom. The number of nitrogens with two attached hydrogens (primary N) is 1. The van der Waals surface area contributed by atoms with Crippen LogP contribution in [0.4, 0.5) is 0 Å². The van der Waals surface area contributed by atoms with Gasteiger partial charge in [0.05, 0.1) is 5.56 Å². The fourth-order valence-electron chi connectivity index (χ4n) is 5.06. The van der Waals surface area contributed by atoms with Crippen LogP contribution in [0, 0.1) is 18.8 Å². The number of rotatable bonds is 1. The maximum atomic E-state index is 13.2. The Kier molecular flexibility index (Phi) is 4.12. The molecule has 3 atom stereocenters. The third-order valence-corrected chi connectivity index (χ3v) is 6.35. The van der Waals surface area contributed by atoms with Crippen LogP contribution in [0.2, 0.25) is 0 Å². The first-order valence-corrected chi connectivity index (χ1v) is 9.83. The molecule has 1 amide bonds. The molecule has 29 heavy (non-hydrogen) atoms. The maximum absolute atomic E-state index is 13.2. The number of epoxide rings is 1. The number of aliphatic hydroxyl groups is 1. The number of carbonyl (C=O) groups is 3. The summed E-state index contributed by atoms with van der Waals surface area (Å²) in [6, 6.07) is 3.27. The Hall–Kier alpha value is -3.09. The highest BCUT2D eigenvalue weighted by molar-refractivity contribution is 6.21. The molecule has 4 aliphatic rings. The van der Waals surface area contributed by atoms with Gasteiger partial charge in [-0.15, -0.1) is 0 Å². The van der Waals surface area contributed by atoms with Crippen molar-refractivity contribution in [2.75, 3.05) is 0 Å². The van der Waals surface area contributed by atoms with Crippen LogP contribution in [-0.4, -0.2) is 33.3 Å². The average Bonchev–Trinajstić information content (AvgIpc) is 3.42. The standard InChI is InChI=1S/C20H17NO6.C2H6/c1-7-2-3-11(22)14-10(7)5-8-4-9-6-12(23)15(19(21)26)17(25)20(9)18(27-20)13(8)16(14)24;1-2/h2-3,8-9,22,25H,4-6H2,1H3,(H2,21,26);1-2H3/t8?,9-,20+;/m0./s1. The number of benzene rings is 1. The number of hydrogen-bond acceptors (Lipinski definition) is 6. The first kappa shape index (κ1) is 19.2. The van der Waals surface area contributed by atoms with Gasteiger partial charge < -0.3 is 20.7 Å². The summed E-state index contributed by atoms with van der Waals surface area (Å²) in [5.74, 6) is -2.57. The summed E-state index contributed by atoms with van der Waals surface area (Å²) in [5, 5.41) is 20.8. The summed E-state index contributed by atoms with van der Waals surface area (Å²) in [4.78, 5) is 37.1. The molecule has 1 unspecified atom stereocenters. The van der Waals surface area contributed by atoms with Crippen molar-refractivity contribution in [2.24, 2.45) is 17.6 Å². The molecule has 0 radical (unpaired) electrons. The van der Waals surface area contributed by atoms with Gasteiger partial charge in [0.2, 0.25) is 5.60 Å². The van der Waals surface area contributed by atoms with Crippen LogP contribution in [0.25, 0.3) is 0 Å². The van der Waals surface area contributed by atoms with E-state index in [1.807, 2.05) is 20.8 Å². The van der Waals surface area contributed by atoms with Gasteiger partial charge in [-0.2, -0.15) is 0 Å². The number of carbonyl (C=O) groups excluding carboxylic acids is 3. The first-order chi connectivity index (χ1) is 13.8. The zero-order chi connectivity index (χ0) is 21.2. The number of allylic oxidation sites excluding steroid dienone is 1. The zero-order valence-corrected chi connectivity index (χ0v) is 16.5. The fraction of sp³-hybridized carbons (Fsp3) is 0.409. The lowest BCUT2D eigenvalue weighted by Crippen LogP contribution is -2.43. The summed E-state index contributed by atoms with van der Waals surface area (Å²) in [7, 11) is 0. The van der Waals surface area contributed by atoms with E-state index in [4.69, 9.17) is 10.5 Å². The topological polar surface area (TPSA) is 130 Å². The van der Waals surface area contributed by atoms with Crippen molar-refractivity contribution >= 4 is 17.5 Å². The lowest BCUT2D eigenvalue weighted by molar-refractivity contribution is -0.123. The Morgan fingerprint density at radius 2 is 1.90 bits per heavy atom. The van der Waals surface area contributed by atoms with Gasteiger partial charge in [0, 0.05) is 17.9 Å². The number of phenolic OH excluding ortho intramolecular Hbond substituents is 1. The molecule has 1 aliphatic heterocycles. The van der Waals surface area contributed by atoms with Crippen LogP contribution in [0.3, 0.4) is 0 Å². The number of phenols is 1. The molecule has 1 saturated heterocycles. The van der Waals surface area contributed by atoms with Crippen LogP contribution < -0.4 is 5.73 Å². The van der Waals surface area contributed by atoms with Crippen molar-refractivity contribution in [2.45, 2.75) is 45.6 Å². The summed E-state index contributed by atoms with van der Waals surface area (Å²) < 4.78 is 5.74. The van der Waals surface area contributed by atoms with Crippen molar-refractivity contribution in [1.29, 1.82) is 0 Å². The van der Waals surface area contributed by atoms with Crippen molar-refractivity contribution in [3.63, 3.8) is 0 Å². The minimum Gasteiger partial charge on any atom is -0.507 e. The Bertz CT molecular complexity index is 1050. The van der Waals surface area contributed by atoms with Gasteiger partial charge in [0.15, 0.2) is 23.1 Å². The molecule has 1 aromatic carbocycles. The SMILES string of the molecule is CC.Cc1ccc(O)c2c1CC1C[C@H]3CC(=O)C(C(N)=O)=C(O)[C@]34OC4=C1C2=O. The van der Waals surface area contributed by atoms with Crippen LogP contribution in [0.15, 0.2) is 34.8 Å². The minimum absolute atomic E-state index is 0.0374. The fourth-order valence-corrected chi connectivity index (χ4v) is 5.06. The van der Waals surface area contributed by atoms with Crippen LogP contribution in [0.1, 0.15) is 48.2 Å². The van der Waals surface area contributed by atoms with Gasteiger partial charge in [0.25, 0.3) is 5.91 Å². The van der Waals surface area contributed by atoms with E-state index < -0.39 is 28.6 Å². The number of aromatic hydroxyl groups is 1. The number of hydrogen-bond donors (Lipinski definition) is 3. The van der Waals surface area contributed by atoms with Crippen molar-refractivity contribution < 1.29 is 29.3 Å². The molecule has 3 aliphatic carbocycles. The van der Waals surface area contributed by atoms with E-state index in [0.717, 1.165) is 11.1 Å². The average molecular weight is 397 g/mol. The number of Topliss-reactive ketones (excluding diaryl/α,β-unsaturated/α-hetero) is 2. The zero-order valence-electron chi connectivity index (χ0n) is 16.5. The lowest BCUT2D eigenvalue weighted by atomic mass is 9.63. The smallest absolute Gasteiger partial charge is 0.255 e. The molecule has 7 heteroatoms. The van der Waals surface area contributed by atoms with Gasteiger partial charge in [0.1, 0.15) is 11.3 Å². The quantitative estimate of drug-likeness (QED) is 0.493. The van der Waals surface area contributed by atoms with E-state index in [0.29, 0.717) is 24.2 Å². The Morgan fingerprint density at radius 1 is 1.21 bits per heavy atom. The number of amides is 1. The third kappa shape index (κ3) is 2.33. The van der Waals surface area contributed by atoms with E-state index in [1.165, 1.54) is 6.07 Å². The number of aliphatic hydroxyl groups excluding tert-OH is 1. The van der Waals surface area contributed by atoms with Crippen molar-refractivity contribution in [3.8, 4) is 5.75 Å². The molecule has 4 N–H and O–H groups in total. The summed E-state index contributed by atoms with van der Waals surface area (Å²) in [6.45, 7) is 5.89. The molecule has 1 heterocycles. The molecule has 1 fully saturated rings. The normalized spacial score (nSPS) is 28.9. The van der Waals surface area contributed by atoms with Gasteiger partial charge in [-0.3, -0.25) is 14.4 Å².